The second-order valence-electron chi connectivity index (χ2n) is 7.01. The maximum absolute atomic E-state index is 14.2. The van der Waals surface area contributed by atoms with E-state index < -0.39 is 29.4 Å². The van der Waals surface area contributed by atoms with Crippen LogP contribution in [0.5, 0.6) is 11.5 Å². The fourth-order valence-electron chi connectivity index (χ4n) is 3.13. The zero-order chi connectivity index (χ0) is 22.1. The van der Waals surface area contributed by atoms with E-state index in [1.807, 2.05) is 13.0 Å². The number of aryl methyl sites for hydroxylation is 1. The molecule has 1 heterocycles. The van der Waals surface area contributed by atoms with E-state index in [1.54, 1.807) is 12.1 Å². The lowest BCUT2D eigenvalue weighted by atomic mass is 10.1. The smallest absolute Gasteiger partial charge is 0.205 e. The Morgan fingerprint density at radius 1 is 1.06 bits per heavy atom. The van der Waals surface area contributed by atoms with Crippen LogP contribution in [-0.2, 0) is 11.4 Å². The normalized spacial score (nSPS) is 15.5. The van der Waals surface area contributed by atoms with E-state index in [-0.39, 0.29) is 17.9 Å². The molecule has 31 heavy (non-hydrogen) atoms. The van der Waals surface area contributed by atoms with Crippen LogP contribution in [0.2, 0.25) is 0 Å². The second-order valence-corrected chi connectivity index (χ2v) is 7.01. The maximum Gasteiger partial charge on any atom is 0.205 e. The molecule has 1 aliphatic heterocycles. The number of nitrogens with zero attached hydrogens (tertiary/aromatic N) is 1. The molecule has 160 valence electrons. The lowest BCUT2D eigenvalue weighted by Gasteiger charge is -2.12. The van der Waals surface area contributed by atoms with Gasteiger partial charge in [-0.05, 0) is 36.8 Å². The molecule has 3 aromatic carbocycles. The zero-order valence-corrected chi connectivity index (χ0v) is 16.3. The molecular weight excluding hydrogens is 411 g/mol. The summed E-state index contributed by atoms with van der Waals surface area (Å²) < 4.78 is 40.6. The number of hydrogen-bond donors (Lipinski definition) is 4. The summed E-state index contributed by atoms with van der Waals surface area (Å²) in [6.45, 7) is 2.14. The summed E-state index contributed by atoms with van der Waals surface area (Å²) in [6, 6.07) is 11.3. The Morgan fingerprint density at radius 2 is 1.87 bits per heavy atom. The number of anilines is 1. The average molecular weight is 429 g/mol. The highest BCUT2D eigenvalue weighted by atomic mass is 19.1. The van der Waals surface area contributed by atoms with Gasteiger partial charge in [0.15, 0.2) is 23.2 Å². The number of benzene rings is 3. The number of hydrogen-bond acceptors (Lipinski definition) is 6. The summed E-state index contributed by atoms with van der Waals surface area (Å²) in [5, 5.41) is 22.5. The minimum atomic E-state index is -1.14. The van der Waals surface area contributed by atoms with Gasteiger partial charge in [-0.2, -0.15) is 0 Å². The van der Waals surface area contributed by atoms with Crippen LogP contribution in [0.15, 0.2) is 53.5 Å². The predicted octanol–water partition coefficient (Wildman–Crippen LogP) is 4.42. The molecule has 0 spiro atoms. The topological polar surface area (TPSA) is 86.1 Å². The third kappa shape index (κ3) is 4.13. The number of rotatable bonds is 5. The second kappa shape index (κ2) is 8.19. The number of nitrogens with one attached hydrogen (secondary N) is 2. The van der Waals surface area contributed by atoms with Crippen molar-refractivity contribution in [3.05, 3.63) is 88.2 Å². The van der Waals surface area contributed by atoms with Crippen LogP contribution in [0, 0.1) is 24.4 Å². The van der Waals surface area contributed by atoms with E-state index in [2.05, 4.69) is 15.8 Å². The van der Waals surface area contributed by atoms with Gasteiger partial charge in [0.05, 0.1) is 0 Å². The van der Waals surface area contributed by atoms with Gasteiger partial charge in [-0.15, -0.1) is 0 Å². The van der Waals surface area contributed by atoms with Gasteiger partial charge in [0.1, 0.15) is 11.6 Å². The number of phenols is 2. The van der Waals surface area contributed by atoms with E-state index >= 15 is 0 Å². The minimum absolute atomic E-state index is 0.112. The molecule has 0 radical (unpaired) electrons. The summed E-state index contributed by atoms with van der Waals surface area (Å²) in [4.78, 5) is 9.57. The summed E-state index contributed by atoms with van der Waals surface area (Å²) in [7, 11) is 0. The van der Waals surface area contributed by atoms with Gasteiger partial charge in [-0.25, -0.2) is 28.5 Å². The highest BCUT2D eigenvalue weighted by Gasteiger charge is 2.26. The van der Waals surface area contributed by atoms with Gasteiger partial charge >= 0.3 is 0 Å². The molecule has 3 aromatic rings. The largest absolute Gasteiger partial charge is 0.507 e. The first-order valence-electron chi connectivity index (χ1n) is 9.32. The number of aromatic hydroxyl groups is 2. The van der Waals surface area contributed by atoms with Gasteiger partial charge < -0.3 is 15.5 Å². The Hall–Kier alpha value is -3.72. The predicted molar refractivity (Wildman–Crippen MR) is 108 cm³/mol. The van der Waals surface area contributed by atoms with E-state index in [0.717, 1.165) is 29.4 Å². The van der Waals surface area contributed by atoms with E-state index in [4.69, 9.17) is 4.84 Å². The van der Waals surface area contributed by atoms with Crippen molar-refractivity contribution in [2.45, 2.75) is 19.7 Å². The van der Waals surface area contributed by atoms with Crippen molar-refractivity contribution in [2.24, 2.45) is 4.99 Å². The van der Waals surface area contributed by atoms with Crippen LogP contribution in [0.25, 0.3) is 0 Å². The van der Waals surface area contributed by atoms with Crippen molar-refractivity contribution in [3.8, 4) is 11.5 Å². The fourth-order valence-corrected chi connectivity index (χ4v) is 3.13. The van der Waals surface area contributed by atoms with Crippen molar-refractivity contribution in [1.82, 2.24) is 5.48 Å². The number of amidine groups is 1. The molecule has 9 heteroatoms. The van der Waals surface area contributed by atoms with Gasteiger partial charge in [-0.1, -0.05) is 18.2 Å². The fraction of sp³-hybridized carbons (Fsp3) is 0.136. The van der Waals surface area contributed by atoms with Gasteiger partial charge in [0.25, 0.3) is 0 Å². The van der Waals surface area contributed by atoms with Crippen LogP contribution in [0.1, 0.15) is 28.5 Å². The monoisotopic (exact) mass is 429 g/mol. The first-order chi connectivity index (χ1) is 14.8. The molecule has 0 saturated heterocycles. The summed E-state index contributed by atoms with van der Waals surface area (Å²) in [6.07, 6.45) is -1.10. The Labute approximate surface area is 175 Å². The molecule has 4 N–H and O–H groups in total. The molecule has 0 aromatic heterocycles. The van der Waals surface area contributed by atoms with Crippen LogP contribution in [-0.4, -0.2) is 16.0 Å². The molecule has 1 atom stereocenters. The molecule has 4 rings (SSSR count). The first-order valence-corrected chi connectivity index (χ1v) is 9.32. The van der Waals surface area contributed by atoms with E-state index in [9.17, 15) is 23.4 Å². The lowest BCUT2D eigenvalue weighted by Crippen LogP contribution is -2.18. The van der Waals surface area contributed by atoms with Crippen molar-refractivity contribution in [3.63, 3.8) is 0 Å². The Kier molecular flexibility index (Phi) is 5.43. The number of halogens is 3. The van der Waals surface area contributed by atoms with E-state index in [1.165, 1.54) is 12.1 Å². The van der Waals surface area contributed by atoms with Crippen molar-refractivity contribution in [1.29, 1.82) is 0 Å². The molecule has 1 aliphatic rings. The van der Waals surface area contributed by atoms with Crippen molar-refractivity contribution in [2.75, 3.05) is 5.32 Å². The summed E-state index contributed by atoms with van der Waals surface area (Å²) in [5.41, 5.74) is 5.31. The molecule has 0 fully saturated rings. The number of aliphatic imine (C=N–C) groups is 1. The van der Waals surface area contributed by atoms with Crippen molar-refractivity contribution >= 4 is 11.5 Å². The van der Waals surface area contributed by atoms with E-state index in [0.29, 0.717) is 17.0 Å². The first kappa shape index (κ1) is 20.5. The number of hydroxylamine groups is 1. The molecular formula is C22H18F3N3O3. The Morgan fingerprint density at radius 3 is 2.65 bits per heavy atom. The molecule has 0 saturated carbocycles. The standard InChI is InChI=1S/C22H18F3N3O3/c1-11-2-3-12(8-17(11)26-10-13-4-5-14(23)9-18(13)29)21-27-22(31-28-21)15-6-7-16(24)20(30)19(15)25/h2-9,22,26,29-30H,10H2,1H3,(H,27,28). The Bertz CT molecular complexity index is 1180. The van der Waals surface area contributed by atoms with Crippen LogP contribution in [0.3, 0.4) is 0 Å². The van der Waals surface area contributed by atoms with Crippen LogP contribution >= 0.6 is 0 Å². The van der Waals surface area contributed by atoms with Crippen LogP contribution < -0.4 is 10.8 Å². The molecule has 1 unspecified atom stereocenters. The SMILES string of the molecule is Cc1ccc(C2=NC(c3ccc(F)c(O)c3F)ON2)cc1NCc1ccc(F)cc1O. The van der Waals surface area contributed by atoms with Crippen LogP contribution in [0.4, 0.5) is 18.9 Å². The molecule has 6 nitrogen and oxygen atoms in total. The van der Waals surface area contributed by atoms with Crippen molar-refractivity contribution < 1.29 is 28.2 Å². The molecule has 0 bridgehead atoms. The lowest BCUT2D eigenvalue weighted by molar-refractivity contribution is 0.0352. The molecule has 0 aliphatic carbocycles. The molecule has 0 amide bonds. The minimum Gasteiger partial charge on any atom is -0.507 e. The highest BCUT2D eigenvalue weighted by molar-refractivity contribution is 5.99. The quantitative estimate of drug-likeness (QED) is 0.483. The van der Waals surface area contributed by atoms with Gasteiger partial charge in [-0.3, -0.25) is 0 Å². The summed E-state index contributed by atoms with van der Waals surface area (Å²) in [5.74, 6) is -3.65. The third-order valence-electron chi connectivity index (χ3n) is 4.90. The summed E-state index contributed by atoms with van der Waals surface area (Å²) >= 11 is 0. The van der Waals surface area contributed by atoms with Gasteiger partial charge in [0, 0.05) is 35.0 Å². The average Bonchev–Trinajstić information content (AvgIpc) is 3.22. The third-order valence-corrected chi connectivity index (χ3v) is 4.90. The Balaban J connectivity index is 1.55. The highest BCUT2D eigenvalue weighted by Crippen LogP contribution is 2.32. The zero-order valence-electron chi connectivity index (χ0n) is 16.3. The maximum atomic E-state index is 14.2. The van der Waals surface area contributed by atoms with Gasteiger partial charge in [0.2, 0.25) is 6.23 Å². The number of phenolic OH excluding ortho intramolecular Hbond substituents is 2.